The zero-order valence-corrected chi connectivity index (χ0v) is 14.7. The molecule has 0 saturated heterocycles. The van der Waals surface area contributed by atoms with Crippen molar-refractivity contribution < 1.29 is 13.2 Å². The largest absolute Gasteiger partial charge is 0.497 e. The van der Waals surface area contributed by atoms with Gasteiger partial charge in [-0.1, -0.05) is 36.9 Å². The Bertz CT molecular complexity index is 826. The second-order valence-corrected chi connectivity index (χ2v) is 7.03. The Hall–Kier alpha value is -2.53. The summed E-state index contributed by atoms with van der Waals surface area (Å²) in [6, 6.07) is 13.1. The summed E-state index contributed by atoms with van der Waals surface area (Å²) in [4.78, 5) is 0.191. The minimum atomic E-state index is -3.76. The smallest absolute Gasteiger partial charge is 0.264 e. The molecule has 0 unspecified atom stereocenters. The lowest BCUT2D eigenvalue weighted by Gasteiger charge is -2.30. The average Bonchev–Trinajstić information content (AvgIpc) is 2.62. The lowest BCUT2D eigenvalue weighted by atomic mass is 10.1. The molecule has 0 aliphatic rings. The molecule has 0 bridgehead atoms. The van der Waals surface area contributed by atoms with E-state index in [0.29, 0.717) is 11.4 Å². The second kappa shape index (κ2) is 7.36. The van der Waals surface area contributed by atoms with Crippen LogP contribution in [0.4, 0.5) is 5.69 Å². The Morgan fingerprint density at radius 1 is 1.08 bits per heavy atom. The van der Waals surface area contributed by atoms with Crippen LogP contribution < -0.4 is 9.04 Å². The molecular weight excluding hydrogens is 322 g/mol. The molecule has 0 spiro atoms. The molecule has 0 heterocycles. The summed E-state index contributed by atoms with van der Waals surface area (Å²) in [6.07, 6.45) is 3.24. The highest BCUT2D eigenvalue weighted by Gasteiger charge is 2.29. The van der Waals surface area contributed by atoms with E-state index in [2.05, 4.69) is 13.2 Å². The molecule has 126 valence electrons. The Balaban J connectivity index is 2.62. The predicted molar refractivity (Wildman–Crippen MR) is 98.9 cm³/mol. The van der Waals surface area contributed by atoms with Crippen molar-refractivity contribution in [1.29, 1.82) is 0 Å². The molecule has 2 aromatic rings. The fourth-order valence-electron chi connectivity index (χ4n) is 2.39. The van der Waals surface area contributed by atoms with Gasteiger partial charge in [0.2, 0.25) is 0 Å². The van der Waals surface area contributed by atoms with Crippen LogP contribution in [0, 0.1) is 0 Å². The molecule has 1 atom stereocenters. The average molecular weight is 343 g/mol. The number of ether oxygens (including phenoxy) is 1. The summed E-state index contributed by atoms with van der Waals surface area (Å²) in [5, 5.41) is 0. The lowest BCUT2D eigenvalue weighted by molar-refractivity contribution is 0.414. The maximum Gasteiger partial charge on any atom is 0.264 e. The Morgan fingerprint density at radius 3 is 2.25 bits per heavy atom. The van der Waals surface area contributed by atoms with Gasteiger partial charge in [0.15, 0.2) is 0 Å². The quantitative estimate of drug-likeness (QED) is 0.711. The Kier molecular flexibility index (Phi) is 5.46. The standard InChI is InChI=1S/C19H21NO3S/c1-5-15(3)20(19-10-8-7-9-16(19)6-2)24(21,22)18-13-11-17(23-4)12-14-18/h5-15H,1-2H2,3-4H3/t15-/m1/s1. The number of benzene rings is 2. The van der Waals surface area contributed by atoms with Gasteiger partial charge >= 0.3 is 0 Å². The van der Waals surface area contributed by atoms with E-state index in [1.54, 1.807) is 43.3 Å². The van der Waals surface area contributed by atoms with E-state index in [0.717, 1.165) is 5.56 Å². The third-order valence-corrected chi connectivity index (χ3v) is 5.64. The van der Waals surface area contributed by atoms with E-state index in [1.165, 1.54) is 23.5 Å². The number of hydrogen-bond acceptors (Lipinski definition) is 3. The molecule has 4 nitrogen and oxygen atoms in total. The minimum absolute atomic E-state index is 0.191. The van der Waals surface area contributed by atoms with Crippen LogP contribution in [-0.4, -0.2) is 21.6 Å². The topological polar surface area (TPSA) is 46.6 Å². The molecule has 0 aliphatic carbocycles. The highest BCUT2D eigenvalue weighted by molar-refractivity contribution is 7.92. The predicted octanol–water partition coefficient (Wildman–Crippen LogP) is 4.11. The van der Waals surface area contributed by atoms with Crippen LogP contribution in [0.1, 0.15) is 12.5 Å². The zero-order chi connectivity index (χ0) is 17.7. The lowest BCUT2D eigenvalue weighted by Crippen LogP contribution is -2.38. The van der Waals surface area contributed by atoms with E-state index in [1.807, 2.05) is 12.1 Å². The number of anilines is 1. The van der Waals surface area contributed by atoms with E-state index in [4.69, 9.17) is 4.74 Å². The van der Waals surface area contributed by atoms with E-state index in [9.17, 15) is 8.42 Å². The fourth-order valence-corrected chi connectivity index (χ4v) is 4.04. The van der Waals surface area contributed by atoms with Crippen molar-refractivity contribution in [2.24, 2.45) is 0 Å². The fraction of sp³-hybridized carbons (Fsp3) is 0.158. The first-order chi connectivity index (χ1) is 11.5. The number of nitrogens with zero attached hydrogens (tertiary/aromatic N) is 1. The normalized spacial score (nSPS) is 12.2. The summed E-state index contributed by atoms with van der Waals surface area (Å²) in [5.74, 6) is 0.601. The van der Waals surface area contributed by atoms with Crippen LogP contribution in [-0.2, 0) is 10.0 Å². The molecular formula is C19H21NO3S. The first-order valence-electron chi connectivity index (χ1n) is 7.48. The molecule has 2 rings (SSSR count). The van der Waals surface area contributed by atoms with E-state index >= 15 is 0 Å². The minimum Gasteiger partial charge on any atom is -0.497 e. The third-order valence-electron chi connectivity index (χ3n) is 3.72. The molecule has 24 heavy (non-hydrogen) atoms. The van der Waals surface area contributed by atoms with Crippen LogP contribution in [0.15, 0.2) is 72.7 Å². The number of hydrogen-bond donors (Lipinski definition) is 0. The molecule has 2 aromatic carbocycles. The highest BCUT2D eigenvalue weighted by Crippen LogP contribution is 2.30. The van der Waals surface area contributed by atoms with Gasteiger partial charge in [0, 0.05) is 0 Å². The third kappa shape index (κ3) is 3.36. The van der Waals surface area contributed by atoms with Gasteiger partial charge in [0.25, 0.3) is 10.0 Å². The van der Waals surface area contributed by atoms with Gasteiger partial charge in [-0.25, -0.2) is 8.42 Å². The molecule has 0 N–H and O–H groups in total. The summed E-state index contributed by atoms with van der Waals surface area (Å²) in [5.41, 5.74) is 1.30. The molecule has 0 fully saturated rings. The molecule has 5 heteroatoms. The molecule has 0 saturated carbocycles. The van der Waals surface area contributed by atoms with Crippen LogP contribution in [0.25, 0.3) is 6.08 Å². The van der Waals surface area contributed by atoms with E-state index in [-0.39, 0.29) is 4.90 Å². The summed E-state index contributed by atoms with van der Waals surface area (Å²) in [7, 11) is -2.23. The molecule has 0 aliphatic heterocycles. The molecule has 0 aromatic heterocycles. The Morgan fingerprint density at radius 2 is 1.71 bits per heavy atom. The van der Waals surface area contributed by atoms with Gasteiger partial charge in [-0.2, -0.15) is 0 Å². The molecule has 0 radical (unpaired) electrons. The van der Waals surface area contributed by atoms with Crippen molar-refractivity contribution in [3.8, 4) is 5.75 Å². The van der Waals surface area contributed by atoms with Crippen LogP contribution in [0.2, 0.25) is 0 Å². The van der Waals surface area contributed by atoms with Gasteiger partial charge in [0.05, 0.1) is 23.7 Å². The SMILES string of the molecule is C=Cc1ccccc1N([C@H](C)C=C)S(=O)(=O)c1ccc(OC)cc1. The summed E-state index contributed by atoms with van der Waals surface area (Å²) < 4.78 is 32.9. The number of methoxy groups -OCH3 is 1. The first-order valence-corrected chi connectivity index (χ1v) is 8.92. The number of sulfonamides is 1. The maximum atomic E-state index is 13.2. The van der Waals surface area contributed by atoms with Gasteiger partial charge in [0.1, 0.15) is 5.75 Å². The van der Waals surface area contributed by atoms with Crippen LogP contribution in [0.3, 0.4) is 0 Å². The Labute approximate surface area is 143 Å². The first kappa shape index (κ1) is 17.8. The van der Waals surface area contributed by atoms with Crippen molar-refractivity contribution in [2.75, 3.05) is 11.4 Å². The van der Waals surface area contributed by atoms with E-state index < -0.39 is 16.1 Å². The van der Waals surface area contributed by atoms with Crippen LogP contribution >= 0.6 is 0 Å². The summed E-state index contributed by atoms with van der Waals surface area (Å²) in [6.45, 7) is 9.30. The van der Waals surface area contributed by atoms with Gasteiger partial charge in [-0.05, 0) is 42.8 Å². The van der Waals surface area contributed by atoms with Crippen molar-refractivity contribution in [1.82, 2.24) is 0 Å². The number of para-hydroxylation sites is 1. The maximum absolute atomic E-state index is 13.2. The van der Waals surface area contributed by atoms with Crippen molar-refractivity contribution >= 4 is 21.8 Å². The van der Waals surface area contributed by atoms with Gasteiger partial charge in [-0.15, -0.1) is 6.58 Å². The zero-order valence-electron chi connectivity index (χ0n) is 13.8. The van der Waals surface area contributed by atoms with Crippen molar-refractivity contribution in [3.05, 3.63) is 73.3 Å². The second-order valence-electron chi connectivity index (χ2n) is 5.22. The molecule has 0 amide bonds. The number of rotatable bonds is 7. The highest BCUT2D eigenvalue weighted by atomic mass is 32.2. The van der Waals surface area contributed by atoms with Gasteiger partial charge < -0.3 is 4.74 Å². The van der Waals surface area contributed by atoms with Crippen molar-refractivity contribution in [3.63, 3.8) is 0 Å². The van der Waals surface area contributed by atoms with Crippen LogP contribution in [0.5, 0.6) is 5.75 Å². The monoisotopic (exact) mass is 343 g/mol. The van der Waals surface area contributed by atoms with Gasteiger partial charge in [-0.3, -0.25) is 4.31 Å². The van der Waals surface area contributed by atoms with Crippen molar-refractivity contribution in [2.45, 2.75) is 17.9 Å². The summed E-state index contributed by atoms with van der Waals surface area (Å²) >= 11 is 0.